The van der Waals surface area contributed by atoms with Gasteiger partial charge < -0.3 is 5.73 Å². The van der Waals surface area contributed by atoms with Crippen LogP contribution < -0.4 is 22.1 Å². The Labute approximate surface area is 166 Å². The summed E-state index contributed by atoms with van der Waals surface area (Å²) in [6.45, 7) is 3.95. The van der Waals surface area contributed by atoms with Crippen LogP contribution in [0, 0.1) is 6.92 Å². The zero-order valence-electron chi connectivity index (χ0n) is 15.7. The number of fused-ring (bicyclic) bond motifs is 1. The van der Waals surface area contributed by atoms with Crippen molar-refractivity contribution in [1.82, 2.24) is 9.55 Å². The largest absolute Gasteiger partial charge is 0.397 e. The van der Waals surface area contributed by atoms with Crippen LogP contribution in [0.15, 0.2) is 65.7 Å². The summed E-state index contributed by atoms with van der Waals surface area (Å²) in [7, 11) is 0. The third-order valence-electron chi connectivity index (χ3n) is 4.85. The maximum Gasteiger partial charge on any atom is 0.282 e. The summed E-state index contributed by atoms with van der Waals surface area (Å²) in [5.41, 5.74) is 8.43. The molecule has 4 N–H and O–H groups in total. The zero-order valence-corrected chi connectivity index (χ0v) is 16.5. The molecule has 0 bridgehead atoms. The molecule has 1 unspecified atom stereocenters. The molecule has 4 rings (SSSR count). The predicted octanol–water partition coefficient (Wildman–Crippen LogP) is 3.78. The van der Waals surface area contributed by atoms with Crippen molar-refractivity contribution < 1.29 is 0 Å². The number of rotatable bonds is 4. The van der Waals surface area contributed by atoms with Gasteiger partial charge in [-0.1, -0.05) is 12.1 Å². The van der Waals surface area contributed by atoms with E-state index in [2.05, 4.69) is 4.98 Å². The molecule has 0 fully saturated rings. The van der Waals surface area contributed by atoms with Gasteiger partial charge in [0.25, 0.3) is 5.56 Å². The molecule has 3 heterocycles. The molecule has 0 aliphatic heterocycles. The van der Waals surface area contributed by atoms with E-state index in [1.807, 2.05) is 56.3 Å². The lowest BCUT2D eigenvalue weighted by atomic mass is 10.0. The first-order valence-electron chi connectivity index (χ1n) is 8.92. The van der Waals surface area contributed by atoms with E-state index in [1.165, 1.54) is 5.01 Å². The quantitative estimate of drug-likeness (QED) is 0.408. The van der Waals surface area contributed by atoms with E-state index in [4.69, 9.17) is 11.6 Å². The molecule has 1 aromatic carbocycles. The van der Waals surface area contributed by atoms with Crippen LogP contribution in [0.1, 0.15) is 23.4 Å². The van der Waals surface area contributed by atoms with E-state index in [9.17, 15) is 4.79 Å². The van der Waals surface area contributed by atoms with Gasteiger partial charge in [-0.15, -0.1) is 11.3 Å². The lowest BCUT2D eigenvalue weighted by Crippen LogP contribution is -2.39. The molecule has 0 saturated heterocycles. The topological polar surface area (TPSA) is 90.2 Å². The van der Waals surface area contributed by atoms with Crippen molar-refractivity contribution in [3.8, 4) is 5.00 Å². The first-order chi connectivity index (χ1) is 13.5. The number of aryl methyl sites for hydroxylation is 1. The number of hydrogen-bond donors (Lipinski definition) is 2. The number of aromatic nitrogens is 2. The van der Waals surface area contributed by atoms with E-state index < -0.39 is 0 Å². The molecule has 0 aliphatic carbocycles. The van der Waals surface area contributed by atoms with Crippen LogP contribution in [0.5, 0.6) is 0 Å². The van der Waals surface area contributed by atoms with Crippen LogP contribution in [-0.2, 0) is 0 Å². The number of nitrogens with two attached hydrogens (primary N) is 2. The van der Waals surface area contributed by atoms with E-state index in [1.54, 1.807) is 34.4 Å². The fraction of sp³-hybridized carbons (Fsp3) is 0.143. The molecule has 0 aliphatic rings. The molecule has 6 nitrogen and oxygen atoms in total. The average molecular weight is 392 g/mol. The number of hydrazine groups is 1. The first-order valence-corrected chi connectivity index (χ1v) is 9.74. The van der Waals surface area contributed by atoms with Crippen molar-refractivity contribution in [2.24, 2.45) is 5.84 Å². The van der Waals surface area contributed by atoms with Gasteiger partial charge in [-0.05, 0) is 55.8 Å². The summed E-state index contributed by atoms with van der Waals surface area (Å²) in [4.78, 5) is 18.6. The lowest BCUT2D eigenvalue weighted by Gasteiger charge is -2.27. The number of hydrogen-bond acceptors (Lipinski definition) is 6. The van der Waals surface area contributed by atoms with Gasteiger partial charge in [0.05, 0.1) is 17.2 Å². The maximum absolute atomic E-state index is 13.1. The van der Waals surface area contributed by atoms with Crippen molar-refractivity contribution in [3.05, 3.63) is 81.7 Å². The Morgan fingerprint density at radius 2 is 2.00 bits per heavy atom. The summed E-state index contributed by atoms with van der Waals surface area (Å²) in [6, 6.07) is 15.2. The SMILES string of the molecule is Cc1ccc(-n2ccc(N)c(N(N)C(C)c3ccc4ncccc4c3)c2=O)s1. The number of anilines is 2. The minimum atomic E-state index is -0.250. The Balaban J connectivity index is 1.76. The van der Waals surface area contributed by atoms with Gasteiger partial charge in [-0.2, -0.15) is 0 Å². The van der Waals surface area contributed by atoms with E-state index in [0.717, 1.165) is 26.3 Å². The van der Waals surface area contributed by atoms with Crippen molar-refractivity contribution in [3.63, 3.8) is 0 Å². The second-order valence-electron chi connectivity index (χ2n) is 6.72. The molecule has 28 heavy (non-hydrogen) atoms. The first kappa shape index (κ1) is 18.2. The van der Waals surface area contributed by atoms with Gasteiger partial charge in [0.15, 0.2) is 0 Å². The van der Waals surface area contributed by atoms with Crippen LogP contribution in [-0.4, -0.2) is 9.55 Å². The van der Waals surface area contributed by atoms with Gasteiger partial charge in [0.2, 0.25) is 0 Å². The van der Waals surface area contributed by atoms with Crippen molar-refractivity contribution in [1.29, 1.82) is 0 Å². The summed E-state index contributed by atoms with van der Waals surface area (Å²) in [5, 5.41) is 3.31. The molecule has 3 aromatic heterocycles. The molecular weight excluding hydrogens is 370 g/mol. The van der Waals surface area contributed by atoms with Gasteiger partial charge in [0, 0.05) is 22.7 Å². The second-order valence-corrected chi connectivity index (χ2v) is 7.98. The Bertz CT molecular complexity index is 1210. The van der Waals surface area contributed by atoms with Gasteiger partial charge in [-0.25, -0.2) is 5.84 Å². The molecule has 0 amide bonds. The number of thiophene rings is 1. The normalized spacial score (nSPS) is 12.2. The zero-order chi connectivity index (χ0) is 19.8. The highest BCUT2D eigenvalue weighted by Gasteiger charge is 2.21. The molecule has 4 aromatic rings. The molecule has 1 atom stereocenters. The van der Waals surface area contributed by atoms with E-state index in [-0.39, 0.29) is 17.3 Å². The molecule has 142 valence electrons. The van der Waals surface area contributed by atoms with Crippen LogP contribution in [0.25, 0.3) is 15.9 Å². The fourth-order valence-corrected chi connectivity index (χ4v) is 4.08. The smallest absolute Gasteiger partial charge is 0.282 e. The minimum Gasteiger partial charge on any atom is -0.397 e. The Hall–Kier alpha value is -3.16. The minimum absolute atomic E-state index is 0.237. The predicted molar refractivity (Wildman–Crippen MR) is 116 cm³/mol. The van der Waals surface area contributed by atoms with E-state index in [0.29, 0.717) is 5.69 Å². The van der Waals surface area contributed by atoms with Gasteiger partial charge >= 0.3 is 0 Å². The summed E-state index contributed by atoms with van der Waals surface area (Å²) < 4.78 is 1.58. The van der Waals surface area contributed by atoms with Gasteiger partial charge in [0.1, 0.15) is 10.7 Å². The highest BCUT2D eigenvalue weighted by Crippen LogP contribution is 2.28. The number of benzene rings is 1. The van der Waals surface area contributed by atoms with Crippen LogP contribution in [0.3, 0.4) is 0 Å². The molecular formula is C21H21N5OS. The molecule has 0 radical (unpaired) electrons. The summed E-state index contributed by atoms with van der Waals surface area (Å²) in [6.07, 6.45) is 3.45. The van der Waals surface area contributed by atoms with Crippen LogP contribution >= 0.6 is 11.3 Å². The highest BCUT2D eigenvalue weighted by atomic mass is 32.1. The monoisotopic (exact) mass is 391 g/mol. The number of pyridine rings is 2. The maximum atomic E-state index is 13.1. The molecule has 0 spiro atoms. The lowest BCUT2D eigenvalue weighted by molar-refractivity contribution is 0.692. The summed E-state index contributed by atoms with van der Waals surface area (Å²) in [5.74, 6) is 6.40. The van der Waals surface area contributed by atoms with Crippen LogP contribution in [0.2, 0.25) is 0 Å². The van der Waals surface area contributed by atoms with Gasteiger partial charge in [-0.3, -0.25) is 19.4 Å². The Morgan fingerprint density at radius 1 is 1.18 bits per heavy atom. The number of nitrogens with zero attached hydrogens (tertiary/aromatic N) is 3. The summed E-state index contributed by atoms with van der Waals surface area (Å²) >= 11 is 1.54. The Morgan fingerprint density at radius 3 is 2.75 bits per heavy atom. The van der Waals surface area contributed by atoms with E-state index >= 15 is 0 Å². The molecule has 0 saturated carbocycles. The van der Waals surface area contributed by atoms with Crippen molar-refractivity contribution in [2.45, 2.75) is 19.9 Å². The third-order valence-corrected chi connectivity index (χ3v) is 5.85. The molecule has 7 heteroatoms. The highest BCUT2D eigenvalue weighted by molar-refractivity contribution is 7.14. The van der Waals surface area contributed by atoms with Crippen molar-refractivity contribution >= 4 is 33.6 Å². The van der Waals surface area contributed by atoms with Crippen molar-refractivity contribution in [2.75, 3.05) is 10.7 Å². The standard InChI is InChI=1S/C21H21N5OS/c1-13-5-8-19(28-13)25-11-9-17(22)20(21(25)27)26(23)14(2)15-6-7-18-16(12-15)4-3-10-24-18/h3-12,14H,22-23H2,1-2H3. The fourth-order valence-electron chi connectivity index (χ4n) is 3.23. The van der Waals surface area contributed by atoms with Crippen LogP contribution in [0.4, 0.5) is 11.4 Å². The second kappa shape index (κ2) is 7.10. The number of nitrogen functional groups attached to an aromatic ring is 1. The Kier molecular flexibility index (Phi) is 4.62. The third kappa shape index (κ3) is 3.15. The average Bonchev–Trinajstić information content (AvgIpc) is 3.13.